The van der Waals surface area contributed by atoms with Crippen LogP contribution in [-0.2, 0) is 0 Å². The fourth-order valence-electron chi connectivity index (χ4n) is 4.88. The molecule has 0 aliphatic rings. The normalized spacial score (nSPS) is 12.0. The SMILES string of the molecule is CCCCCCCCCCCCCCCCCC[N+](CC)(CC)CCCCCCO. The minimum Gasteiger partial charge on any atom is -0.396 e. The Bertz CT molecular complexity index is 314. The van der Waals surface area contributed by atoms with Crippen LogP contribution in [0.25, 0.3) is 0 Å². The molecule has 0 aromatic heterocycles. The van der Waals surface area contributed by atoms with Gasteiger partial charge in [-0.25, -0.2) is 0 Å². The first kappa shape index (κ1) is 29.9. The van der Waals surface area contributed by atoms with Crippen LogP contribution in [0.15, 0.2) is 0 Å². The second-order valence-corrected chi connectivity index (χ2v) is 9.86. The van der Waals surface area contributed by atoms with E-state index in [2.05, 4.69) is 20.8 Å². The molecule has 0 saturated carbocycles. The van der Waals surface area contributed by atoms with Crippen LogP contribution in [0.3, 0.4) is 0 Å². The smallest absolute Gasteiger partial charge is 0.0786 e. The van der Waals surface area contributed by atoms with E-state index in [0.717, 1.165) is 6.42 Å². The molecule has 0 amide bonds. The molecule has 0 heterocycles. The van der Waals surface area contributed by atoms with Gasteiger partial charge in [0.2, 0.25) is 0 Å². The summed E-state index contributed by atoms with van der Waals surface area (Å²) in [6.07, 6.45) is 28.0. The Hall–Kier alpha value is -0.0800. The Morgan fingerprint density at radius 3 is 1.00 bits per heavy atom. The maximum atomic E-state index is 8.92. The molecular formula is C28H60NO+. The van der Waals surface area contributed by atoms with E-state index in [1.807, 2.05) is 0 Å². The highest BCUT2D eigenvalue weighted by atomic mass is 16.2. The molecule has 0 radical (unpaired) electrons. The zero-order chi connectivity index (χ0) is 22.2. The molecule has 1 N–H and O–H groups in total. The number of aliphatic hydroxyl groups excluding tert-OH is 1. The quantitative estimate of drug-likeness (QED) is 0.114. The monoisotopic (exact) mass is 426 g/mol. The van der Waals surface area contributed by atoms with Gasteiger partial charge in [-0.3, -0.25) is 0 Å². The lowest BCUT2D eigenvalue weighted by Crippen LogP contribution is -2.49. The molecule has 0 fully saturated rings. The first-order valence-corrected chi connectivity index (χ1v) is 14.2. The first-order chi connectivity index (χ1) is 14.7. The average Bonchev–Trinajstić information content (AvgIpc) is 2.77. The Balaban J connectivity index is 3.46. The van der Waals surface area contributed by atoms with Crippen LogP contribution in [0.4, 0.5) is 0 Å². The molecule has 182 valence electrons. The van der Waals surface area contributed by atoms with Crippen molar-refractivity contribution in [1.82, 2.24) is 0 Å². The predicted molar refractivity (Wildman–Crippen MR) is 136 cm³/mol. The van der Waals surface area contributed by atoms with Crippen molar-refractivity contribution in [2.24, 2.45) is 0 Å². The van der Waals surface area contributed by atoms with E-state index < -0.39 is 0 Å². The molecule has 2 nitrogen and oxygen atoms in total. The summed E-state index contributed by atoms with van der Waals surface area (Å²) in [4.78, 5) is 0. The molecule has 0 saturated heterocycles. The van der Waals surface area contributed by atoms with E-state index in [-0.39, 0.29) is 0 Å². The molecule has 0 spiro atoms. The van der Waals surface area contributed by atoms with E-state index >= 15 is 0 Å². The van der Waals surface area contributed by atoms with E-state index in [1.54, 1.807) is 0 Å². The van der Waals surface area contributed by atoms with Gasteiger partial charge in [-0.15, -0.1) is 0 Å². The summed E-state index contributed by atoms with van der Waals surface area (Å²) >= 11 is 0. The summed E-state index contributed by atoms with van der Waals surface area (Å²) in [7, 11) is 0. The fraction of sp³-hybridized carbons (Fsp3) is 1.00. The molecule has 0 atom stereocenters. The lowest BCUT2D eigenvalue weighted by atomic mass is 10.0. The summed E-state index contributed by atoms with van der Waals surface area (Å²) in [6.45, 7) is 12.7. The van der Waals surface area contributed by atoms with Crippen molar-refractivity contribution in [3.05, 3.63) is 0 Å². The van der Waals surface area contributed by atoms with Crippen LogP contribution in [0, 0.1) is 0 Å². The third-order valence-electron chi connectivity index (χ3n) is 7.37. The lowest BCUT2D eigenvalue weighted by molar-refractivity contribution is -0.925. The van der Waals surface area contributed by atoms with Crippen LogP contribution in [0.2, 0.25) is 0 Å². The van der Waals surface area contributed by atoms with Crippen LogP contribution in [0.5, 0.6) is 0 Å². The second kappa shape index (κ2) is 23.6. The molecule has 0 aliphatic carbocycles. The Morgan fingerprint density at radius 1 is 0.400 bits per heavy atom. The molecule has 0 aromatic carbocycles. The van der Waals surface area contributed by atoms with Crippen LogP contribution < -0.4 is 0 Å². The van der Waals surface area contributed by atoms with Gasteiger partial charge in [0.05, 0.1) is 26.2 Å². The van der Waals surface area contributed by atoms with Crippen molar-refractivity contribution in [1.29, 1.82) is 0 Å². The van der Waals surface area contributed by atoms with Crippen molar-refractivity contribution >= 4 is 0 Å². The van der Waals surface area contributed by atoms with Crippen molar-refractivity contribution in [2.45, 2.75) is 149 Å². The Labute approximate surface area is 191 Å². The van der Waals surface area contributed by atoms with Gasteiger partial charge >= 0.3 is 0 Å². The van der Waals surface area contributed by atoms with E-state index in [9.17, 15) is 0 Å². The van der Waals surface area contributed by atoms with Crippen LogP contribution in [0.1, 0.15) is 149 Å². The van der Waals surface area contributed by atoms with Crippen LogP contribution in [-0.4, -0.2) is 42.4 Å². The molecule has 0 aliphatic heterocycles. The highest BCUT2D eigenvalue weighted by molar-refractivity contribution is 4.51. The zero-order valence-electron chi connectivity index (χ0n) is 21.6. The van der Waals surface area contributed by atoms with E-state index in [4.69, 9.17) is 5.11 Å². The standard InChI is InChI=1S/C28H60NO/c1-4-7-8-9-10-11-12-13-14-15-16-17-18-19-20-23-26-29(5-2,6-3)27-24-21-22-25-28-30/h30H,4-28H2,1-3H3/q+1. The van der Waals surface area contributed by atoms with Gasteiger partial charge in [-0.1, -0.05) is 103 Å². The van der Waals surface area contributed by atoms with Crippen molar-refractivity contribution in [3.63, 3.8) is 0 Å². The number of quaternary nitrogens is 1. The summed E-state index contributed by atoms with van der Waals surface area (Å²) in [6, 6.07) is 0. The van der Waals surface area contributed by atoms with E-state index in [1.165, 1.54) is 153 Å². The fourth-order valence-corrected chi connectivity index (χ4v) is 4.88. The maximum absolute atomic E-state index is 8.92. The Morgan fingerprint density at radius 2 is 0.700 bits per heavy atom. The number of hydrogen-bond donors (Lipinski definition) is 1. The molecule has 2 heteroatoms. The highest BCUT2D eigenvalue weighted by Gasteiger charge is 2.21. The first-order valence-electron chi connectivity index (χ1n) is 14.2. The zero-order valence-corrected chi connectivity index (χ0v) is 21.6. The molecule has 0 unspecified atom stereocenters. The maximum Gasteiger partial charge on any atom is 0.0786 e. The number of nitrogens with zero attached hydrogens (tertiary/aromatic N) is 1. The van der Waals surface area contributed by atoms with Crippen molar-refractivity contribution < 1.29 is 9.59 Å². The average molecular weight is 427 g/mol. The third kappa shape index (κ3) is 18.7. The summed E-state index contributed by atoms with van der Waals surface area (Å²) < 4.78 is 1.32. The molecule has 30 heavy (non-hydrogen) atoms. The minimum atomic E-state index is 0.362. The number of aliphatic hydroxyl groups is 1. The molecular weight excluding hydrogens is 366 g/mol. The molecule has 0 rings (SSSR count). The minimum absolute atomic E-state index is 0.362. The van der Waals surface area contributed by atoms with E-state index in [0.29, 0.717) is 6.61 Å². The third-order valence-corrected chi connectivity index (χ3v) is 7.37. The van der Waals surface area contributed by atoms with Crippen molar-refractivity contribution in [2.75, 3.05) is 32.8 Å². The van der Waals surface area contributed by atoms with Crippen LogP contribution >= 0.6 is 0 Å². The topological polar surface area (TPSA) is 20.2 Å². The molecule has 0 bridgehead atoms. The van der Waals surface area contributed by atoms with Crippen molar-refractivity contribution in [3.8, 4) is 0 Å². The highest BCUT2D eigenvalue weighted by Crippen LogP contribution is 2.16. The van der Waals surface area contributed by atoms with Gasteiger partial charge in [0.1, 0.15) is 0 Å². The summed E-state index contributed by atoms with van der Waals surface area (Å²) in [5.41, 5.74) is 0. The largest absolute Gasteiger partial charge is 0.396 e. The summed E-state index contributed by atoms with van der Waals surface area (Å²) in [5.74, 6) is 0. The van der Waals surface area contributed by atoms with Gasteiger partial charge in [0.15, 0.2) is 0 Å². The second-order valence-electron chi connectivity index (χ2n) is 9.86. The van der Waals surface area contributed by atoms with Gasteiger partial charge < -0.3 is 9.59 Å². The van der Waals surface area contributed by atoms with Gasteiger partial charge in [0.25, 0.3) is 0 Å². The lowest BCUT2D eigenvalue weighted by Gasteiger charge is -2.37. The number of hydrogen-bond acceptors (Lipinski definition) is 1. The number of rotatable bonds is 25. The Kier molecular flexibility index (Phi) is 23.5. The molecule has 0 aromatic rings. The predicted octanol–water partition coefficient (Wildman–Crippen LogP) is 8.66. The number of unbranched alkanes of at least 4 members (excludes halogenated alkanes) is 18. The van der Waals surface area contributed by atoms with Gasteiger partial charge in [-0.05, 0) is 46.0 Å². The van der Waals surface area contributed by atoms with Gasteiger partial charge in [0, 0.05) is 6.61 Å². The summed E-state index contributed by atoms with van der Waals surface area (Å²) in [5, 5.41) is 8.92. The van der Waals surface area contributed by atoms with Gasteiger partial charge in [-0.2, -0.15) is 0 Å².